The molecule has 0 bridgehead atoms. The topological polar surface area (TPSA) is 119 Å². The minimum Gasteiger partial charge on any atom is -0.468 e. The zero-order valence-electron chi connectivity index (χ0n) is 20.4. The van der Waals surface area contributed by atoms with Crippen molar-refractivity contribution in [2.45, 2.75) is 53.4 Å². The number of H-pyrrole nitrogens is 1. The van der Waals surface area contributed by atoms with Crippen molar-refractivity contribution in [2.75, 3.05) is 6.61 Å². The number of carbonyl (C=O) groups excluding carboxylic acids is 1. The van der Waals surface area contributed by atoms with Gasteiger partial charge in [-0.3, -0.25) is 14.5 Å². The molecular weight excluding hydrogens is 448 g/mol. The minimum absolute atomic E-state index is 0.0543. The number of carbonyl (C=O) groups is 1. The summed E-state index contributed by atoms with van der Waals surface area (Å²) in [5.74, 6) is 0.905. The second kappa shape index (κ2) is 10.6. The monoisotopic (exact) mass is 478 g/mol. The second-order valence-corrected chi connectivity index (χ2v) is 8.84. The molecule has 10 nitrogen and oxygen atoms in total. The molecule has 0 saturated carbocycles. The third-order valence-corrected chi connectivity index (χ3v) is 5.91. The van der Waals surface area contributed by atoms with E-state index in [1.807, 2.05) is 43.3 Å². The predicted molar refractivity (Wildman–Crippen MR) is 129 cm³/mol. The fraction of sp³-hybridized carbons (Fsp3) is 0.400. The number of furan rings is 1. The van der Waals surface area contributed by atoms with E-state index in [1.165, 1.54) is 4.68 Å². The normalized spacial score (nSPS) is 12.5. The Morgan fingerprint density at radius 1 is 1.23 bits per heavy atom. The lowest BCUT2D eigenvalue weighted by Crippen LogP contribution is -2.35. The van der Waals surface area contributed by atoms with E-state index in [-0.39, 0.29) is 30.7 Å². The van der Waals surface area contributed by atoms with Gasteiger partial charge in [0.2, 0.25) is 0 Å². The van der Waals surface area contributed by atoms with Crippen molar-refractivity contribution >= 4 is 16.9 Å². The van der Waals surface area contributed by atoms with Gasteiger partial charge in [-0.25, -0.2) is 4.68 Å². The number of benzene rings is 1. The molecule has 1 aromatic carbocycles. The van der Waals surface area contributed by atoms with Gasteiger partial charge in [-0.15, -0.1) is 5.10 Å². The standard InChI is InChI=1S/C25H30N6O4/c1-5-34-21(32)15-31-24(27-28-29-31)23(16(2)3)30(14-20-10-7-11-35-20)13-19-12-18-9-6-8-17(4)22(18)26-25(19)33/h6-12,16,23H,5,13-15H2,1-4H3,(H,26,33)/t23-/m0/s1. The number of aryl methyl sites for hydroxylation is 1. The highest BCUT2D eigenvalue weighted by molar-refractivity contribution is 5.81. The van der Waals surface area contributed by atoms with Gasteiger partial charge in [0.25, 0.3) is 5.56 Å². The molecule has 0 saturated heterocycles. The van der Waals surface area contributed by atoms with Crippen LogP contribution in [0, 0.1) is 12.8 Å². The highest BCUT2D eigenvalue weighted by atomic mass is 16.5. The average molecular weight is 479 g/mol. The Bertz CT molecular complexity index is 1340. The number of nitrogens with one attached hydrogen (secondary N) is 1. The number of hydrogen-bond acceptors (Lipinski definition) is 8. The Labute approximate surface area is 202 Å². The largest absolute Gasteiger partial charge is 0.468 e. The van der Waals surface area contributed by atoms with Crippen LogP contribution in [0.25, 0.3) is 10.9 Å². The summed E-state index contributed by atoms with van der Waals surface area (Å²) in [7, 11) is 0. The molecule has 35 heavy (non-hydrogen) atoms. The van der Waals surface area contributed by atoms with Gasteiger partial charge in [0, 0.05) is 12.1 Å². The van der Waals surface area contributed by atoms with Crippen LogP contribution in [0.15, 0.2) is 51.9 Å². The first-order valence-electron chi connectivity index (χ1n) is 11.7. The molecule has 0 aliphatic carbocycles. The molecule has 0 amide bonds. The van der Waals surface area contributed by atoms with Crippen LogP contribution in [-0.2, 0) is 29.2 Å². The van der Waals surface area contributed by atoms with Crippen LogP contribution in [0.2, 0.25) is 0 Å². The number of para-hydroxylation sites is 1. The summed E-state index contributed by atoms with van der Waals surface area (Å²) in [5.41, 5.74) is 2.31. The van der Waals surface area contributed by atoms with Crippen molar-refractivity contribution in [1.82, 2.24) is 30.1 Å². The number of nitrogens with zero attached hydrogens (tertiary/aromatic N) is 5. The molecule has 3 aromatic heterocycles. The molecule has 1 atom stereocenters. The first-order valence-corrected chi connectivity index (χ1v) is 11.7. The van der Waals surface area contributed by atoms with Crippen LogP contribution in [-0.4, -0.2) is 42.7 Å². The van der Waals surface area contributed by atoms with Crippen molar-refractivity contribution in [3.63, 3.8) is 0 Å². The molecule has 4 rings (SSSR count). The highest BCUT2D eigenvalue weighted by Gasteiger charge is 2.31. The molecule has 0 unspecified atom stereocenters. The Morgan fingerprint density at radius 3 is 2.77 bits per heavy atom. The molecule has 1 N–H and O–H groups in total. The third kappa shape index (κ3) is 5.48. The maximum Gasteiger partial charge on any atom is 0.327 e. The van der Waals surface area contributed by atoms with Crippen molar-refractivity contribution < 1.29 is 13.9 Å². The van der Waals surface area contributed by atoms with Gasteiger partial charge in [0.15, 0.2) is 5.82 Å². The zero-order valence-corrected chi connectivity index (χ0v) is 20.4. The highest BCUT2D eigenvalue weighted by Crippen LogP contribution is 2.30. The van der Waals surface area contributed by atoms with Gasteiger partial charge >= 0.3 is 5.97 Å². The van der Waals surface area contributed by atoms with E-state index in [9.17, 15) is 9.59 Å². The molecule has 0 spiro atoms. The fourth-order valence-corrected chi connectivity index (χ4v) is 4.37. The molecule has 0 aliphatic heterocycles. The van der Waals surface area contributed by atoms with Crippen molar-refractivity contribution in [3.8, 4) is 0 Å². The van der Waals surface area contributed by atoms with Crippen molar-refractivity contribution in [1.29, 1.82) is 0 Å². The van der Waals surface area contributed by atoms with E-state index in [2.05, 4.69) is 39.3 Å². The van der Waals surface area contributed by atoms with Gasteiger partial charge in [-0.1, -0.05) is 32.0 Å². The lowest BCUT2D eigenvalue weighted by Gasteiger charge is -2.32. The SMILES string of the molecule is CCOC(=O)Cn1nnnc1[C@H](C(C)C)N(Cc1ccco1)Cc1cc2cccc(C)c2[nH]c1=O. The maximum absolute atomic E-state index is 13.1. The maximum atomic E-state index is 13.1. The number of pyridine rings is 1. The number of fused-ring (bicyclic) bond motifs is 1. The van der Waals surface area contributed by atoms with Crippen molar-refractivity contribution in [3.05, 3.63) is 75.7 Å². The van der Waals surface area contributed by atoms with Gasteiger partial charge in [0.1, 0.15) is 12.3 Å². The predicted octanol–water partition coefficient (Wildman–Crippen LogP) is 3.38. The number of aromatic amines is 1. The Morgan fingerprint density at radius 2 is 2.06 bits per heavy atom. The Kier molecular flexibility index (Phi) is 7.40. The minimum atomic E-state index is -0.414. The lowest BCUT2D eigenvalue weighted by atomic mass is 10.00. The Hall–Kier alpha value is -3.79. The van der Waals surface area contributed by atoms with Crippen LogP contribution < -0.4 is 5.56 Å². The van der Waals surface area contributed by atoms with E-state index in [0.717, 1.165) is 22.2 Å². The van der Waals surface area contributed by atoms with Gasteiger partial charge < -0.3 is 14.1 Å². The number of aromatic nitrogens is 5. The summed E-state index contributed by atoms with van der Waals surface area (Å²) in [5, 5.41) is 13.1. The average Bonchev–Trinajstić information content (AvgIpc) is 3.48. The van der Waals surface area contributed by atoms with Crippen LogP contribution in [0.4, 0.5) is 0 Å². The molecule has 3 heterocycles. The van der Waals surface area contributed by atoms with E-state index < -0.39 is 5.97 Å². The molecule has 4 aromatic rings. The molecule has 0 aliphatic rings. The molecule has 0 fully saturated rings. The van der Waals surface area contributed by atoms with Crippen LogP contribution >= 0.6 is 0 Å². The molecule has 10 heteroatoms. The summed E-state index contributed by atoms with van der Waals surface area (Å²) in [6.45, 7) is 8.77. The number of hydrogen-bond donors (Lipinski definition) is 1. The third-order valence-electron chi connectivity index (χ3n) is 5.91. The summed E-state index contributed by atoms with van der Waals surface area (Å²) >= 11 is 0. The summed E-state index contributed by atoms with van der Waals surface area (Å²) < 4.78 is 12.2. The lowest BCUT2D eigenvalue weighted by molar-refractivity contribution is -0.144. The summed E-state index contributed by atoms with van der Waals surface area (Å²) in [6, 6.07) is 11.3. The molecule has 184 valence electrons. The summed E-state index contributed by atoms with van der Waals surface area (Å²) in [4.78, 5) is 30.4. The summed E-state index contributed by atoms with van der Waals surface area (Å²) in [6.07, 6.45) is 1.62. The fourth-order valence-electron chi connectivity index (χ4n) is 4.37. The first-order chi connectivity index (χ1) is 16.9. The van der Waals surface area contributed by atoms with Crippen LogP contribution in [0.5, 0.6) is 0 Å². The van der Waals surface area contributed by atoms with E-state index in [4.69, 9.17) is 9.15 Å². The van der Waals surface area contributed by atoms with Gasteiger partial charge in [-0.2, -0.15) is 0 Å². The molecule has 0 radical (unpaired) electrons. The van der Waals surface area contributed by atoms with Crippen LogP contribution in [0.3, 0.4) is 0 Å². The second-order valence-electron chi connectivity index (χ2n) is 8.84. The number of ether oxygens (including phenoxy) is 1. The molecular formula is C25H30N6O4. The number of tetrazole rings is 1. The van der Waals surface area contributed by atoms with Gasteiger partial charge in [-0.05, 0) is 59.3 Å². The number of esters is 1. The van der Waals surface area contributed by atoms with Gasteiger partial charge in [0.05, 0.1) is 31.0 Å². The van der Waals surface area contributed by atoms with Crippen LogP contribution in [0.1, 0.15) is 49.5 Å². The Balaban J connectivity index is 1.74. The smallest absolute Gasteiger partial charge is 0.327 e. The zero-order chi connectivity index (χ0) is 24.9. The quantitative estimate of drug-likeness (QED) is 0.345. The van der Waals surface area contributed by atoms with Crippen molar-refractivity contribution in [2.24, 2.45) is 5.92 Å². The number of rotatable bonds is 10. The van der Waals surface area contributed by atoms with E-state index in [0.29, 0.717) is 24.5 Å². The van der Waals surface area contributed by atoms with E-state index in [1.54, 1.807) is 13.2 Å². The first kappa shape index (κ1) is 24.3. The van der Waals surface area contributed by atoms with E-state index >= 15 is 0 Å².